The van der Waals surface area contributed by atoms with Gasteiger partial charge in [0.15, 0.2) is 0 Å². The maximum atomic E-state index is 12.8. The van der Waals surface area contributed by atoms with Gasteiger partial charge >= 0.3 is 0 Å². The fourth-order valence-electron chi connectivity index (χ4n) is 2.95. The summed E-state index contributed by atoms with van der Waals surface area (Å²) in [6, 6.07) is 6.75. The van der Waals surface area contributed by atoms with Crippen molar-refractivity contribution in [3.63, 3.8) is 0 Å². The van der Waals surface area contributed by atoms with E-state index in [1.54, 1.807) is 40.9 Å². The number of nitrogens with zero attached hydrogens (tertiary/aromatic N) is 2. The highest BCUT2D eigenvalue weighted by molar-refractivity contribution is 7.99. The van der Waals surface area contributed by atoms with E-state index in [4.69, 9.17) is 11.6 Å². The van der Waals surface area contributed by atoms with E-state index in [0.717, 1.165) is 6.54 Å². The van der Waals surface area contributed by atoms with Crippen LogP contribution in [0.15, 0.2) is 24.3 Å². The lowest BCUT2D eigenvalue weighted by Crippen LogP contribution is -2.56. The molecule has 1 aromatic carbocycles. The molecule has 2 saturated heterocycles. The first kappa shape index (κ1) is 16.6. The van der Waals surface area contributed by atoms with Crippen LogP contribution in [-0.2, 0) is 4.79 Å². The van der Waals surface area contributed by atoms with Crippen LogP contribution >= 0.6 is 23.4 Å². The molecule has 3 rings (SSSR count). The second-order valence-corrected chi connectivity index (χ2v) is 7.37. The van der Waals surface area contributed by atoms with E-state index < -0.39 is 0 Å². The van der Waals surface area contributed by atoms with Crippen molar-refractivity contribution in [2.24, 2.45) is 0 Å². The van der Waals surface area contributed by atoms with Crippen molar-refractivity contribution in [2.75, 3.05) is 31.3 Å². The van der Waals surface area contributed by atoms with Gasteiger partial charge in [0.25, 0.3) is 5.91 Å². The molecule has 2 heterocycles. The number of carbonyl (C=O) groups excluding carboxylic acids is 2. The first-order valence-corrected chi connectivity index (χ1v) is 9.26. The van der Waals surface area contributed by atoms with E-state index in [0.29, 0.717) is 41.3 Å². The quantitative estimate of drug-likeness (QED) is 0.879. The third-order valence-electron chi connectivity index (χ3n) is 4.20. The van der Waals surface area contributed by atoms with Crippen LogP contribution in [0.2, 0.25) is 5.02 Å². The molecule has 5 nitrogen and oxygen atoms in total. The van der Waals surface area contributed by atoms with E-state index in [2.05, 4.69) is 12.2 Å². The van der Waals surface area contributed by atoms with Crippen LogP contribution in [-0.4, -0.2) is 65.0 Å². The third-order valence-corrected chi connectivity index (χ3v) is 5.46. The van der Waals surface area contributed by atoms with E-state index in [-0.39, 0.29) is 17.9 Å². The minimum absolute atomic E-state index is 0.0608. The number of carbonyl (C=O) groups is 2. The van der Waals surface area contributed by atoms with Crippen LogP contribution in [0.3, 0.4) is 0 Å². The monoisotopic (exact) mass is 353 g/mol. The predicted molar refractivity (Wildman–Crippen MR) is 92.8 cm³/mol. The molecular weight excluding hydrogens is 334 g/mol. The fourth-order valence-corrected chi connectivity index (χ4v) is 4.22. The highest BCUT2D eigenvalue weighted by atomic mass is 35.5. The molecule has 0 aromatic heterocycles. The predicted octanol–water partition coefficient (Wildman–Crippen LogP) is 1.68. The first-order chi connectivity index (χ1) is 11.1. The number of hydrogen-bond donors (Lipinski definition) is 1. The molecule has 2 atom stereocenters. The average molecular weight is 354 g/mol. The van der Waals surface area contributed by atoms with Gasteiger partial charge in [-0.05, 0) is 31.2 Å². The summed E-state index contributed by atoms with van der Waals surface area (Å²) in [6.45, 7) is 4.27. The van der Waals surface area contributed by atoms with E-state index >= 15 is 0 Å². The van der Waals surface area contributed by atoms with Gasteiger partial charge in [-0.2, -0.15) is 0 Å². The number of nitrogens with one attached hydrogen (secondary N) is 1. The van der Waals surface area contributed by atoms with Crippen molar-refractivity contribution in [3.05, 3.63) is 34.9 Å². The summed E-state index contributed by atoms with van der Waals surface area (Å²) < 4.78 is 0. The van der Waals surface area contributed by atoms with Gasteiger partial charge in [-0.3, -0.25) is 9.59 Å². The highest BCUT2D eigenvalue weighted by Crippen LogP contribution is 2.25. The maximum absolute atomic E-state index is 12.8. The second-order valence-electron chi connectivity index (χ2n) is 5.94. The van der Waals surface area contributed by atoms with Gasteiger partial charge in [0.05, 0.1) is 5.88 Å². The van der Waals surface area contributed by atoms with Crippen molar-refractivity contribution >= 4 is 35.2 Å². The molecule has 2 aliphatic rings. The van der Waals surface area contributed by atoms with E-state index in [1.807, 2.05) is 4.90 Å². The van der Waals surface area contributed by atoms with E-state index in [9.17, 15) is 9.59 Å². The van der Waals surface area contributed by atoms with Crippen molar-refractivity contribution in [1.82, 2.24) is 15.1 Å². The number of benzene rings is 1. The van der Waals surface area contributed by atoms with Crippen LogP contribution in [0.4, 0.5) is 0 Å². The topological polar surface area (TPSA) is 52.7 Å². The van der Waals surface area contributed by atoms with Crippen LogP contribution in [0.5, 0.6) is 0 Å². The van der Waals surface area contributed by atoms with Crippen molar-refractivity contribution in [2.45, 2.75) is 19.0 Å². The normalized spacial score (nSPS) is 24.8. The number of hydrogen-bond acceptors (Lipinski definition) is 4. The molecule has 0 aliphatic carbocycles. The number of halogens is 1. The largest absolute Gasteiger partial charge is 0.338 e. The Bertz CT molecular complexity index is 595. The Morgan fingerprint density at radius 1 is 1.30 bits per heavy atom. The van der Waals surface area contributed by atoms with Crippen molar-refractivity contribution in [1.29, 1.82) is 0 Å². The zero-order valence-corrected chi connectivity index (χ0v) is 14.6. The van der Waals surface area contributed by atoms with Gasteiger partial charge in [0.2, 0.25) is 5.91 Å². The smallest absolute Gasteiger partial charge is 0.255 e. The summed E-state index contributed by atoms with van der Waals surface area (Å²) in [7, 11) is 0. The summed E-state index contributed by atoms with van der Waals surface area (Å²) in [6.07, 6.45) is 0. The summed E-state index contributed by atoms with van der Waals surface area (Å²) >= 11 is 7.50. The minimum atomic E-state index is -0.367. The average Bonchev–Trinajstić information content (AvgIpc) is 3.03. The third kappa shape index (κ3) is 3.65. The molecule has 1 N–H and O–H groups in total. The summed E-state index contributed by atoms with van der Waals surface area (Å²) in [5.41, 5.74) is 0.573. The lowest BCUT2D eigenvalue weighted by atomic mass is 10.1. The molecule has 7 heteroatoms. The van der Waals surface area contributed by atoms with Crippen LogP contribution in [0.25, 0.3) is 0 Å². The number of rotatable bonds is 2. The van der Waals surface area contributed by atoms with Crippen LogP contribution in [0, 0.1) is 0 Å². The molecule has 0 spiro atoms. The highest BCUT2D eigenvalue weighted by Gasteiger charge is 2.38. The van der Waals surface area contributed by atoms with E-state index in [1.165, 1.54) is 0 Å². The Labute approximate surface area is 145 Å². The van der Waals surface area contributed by atoms with Crippen LogP contribution < -0.4 is 5.32 Å². The summed E-state index contributed by atoms with van der Waals surface area (Å²) in [5.74, 6) is 1.18. The molecule has 124 valence electrons. The standard InChI is InChI=1S/C16H20ClN3O2S/c1-11-8-19(7-6-18-11)16(22)14-9-23-10-20(14)15(21)12-2-4-13(17)5-3-12/h2-5,11,14,18H,6-10H2,1H3. The van der Waals surface area contributed by atoms with Gasteiger partial charge < -0.3 is 15.1 Å². The molecule has 0 bridgehead atoms. The Kier molecular flexibility index (Phi) is 5.14. The lowest BCUT2D eigenvalue weighted by Gasteiger charge is -2.35. The summed E-state index contributed by atoms with van der Waals surface area (Å²) in [4.78, 5) is 29.1. The van der Waals surface area contributed by atoms with Gasteiger partial charge in [-0.25, -0.2) is 0 Å². The zero-order valence-electron chi connectivity index (χ0n) is 13.0. The lowest BCUT2D eigenvalue weighted by molar-refractivity contribution is -0.136. The summed E-state index contributed by atoms with van der Waals surface area (Å²) in [5, 5.41) is 3.93. The molecule has 0 radical (unpaired) electrons. The molecule has 23 heavy (non-hydrogen) atoms. The number of piperazine rings is 1. The first-order valence-electron chi connectivity index (χ1n) is 7.72. The Morgan fingerprint density at radius 2 is 2.04 bits per heavy atom. The molecule has 1 aromatic rings. The molecular formula is C16H20ClN3O2S. The molecule has 2 amide bonds. The fraction of sp³-hybridized carbons (Fsp3) is 0.500. The number of thioether (sulfide) groups is 1. The maximum Gasteiger partial charge on any atom is 0.255 e. The Morgan fingerprint density at radius 3 is 2.74 bits per heavy atom. The zero-order chi connectivity index (χ0) is 16.4. The van der Waals surface area contributed by atoms with Crippen molar-refractivity contribution < 1.29 is 9.59 Å². The SMILES string of the molecule is CC1CN(C(=O)C2CSCN2C(=O)c2ccc(Cl)cc2)CCN1. The van der Waals surface area contributed by atoms with Gasteiger partial charge in [-0.1, -0.05) is 11.6 Å². The van der Waals surface area contributed by atoms with Gasteiger partial charge in [-0.15, -0.1) is 11.8 Å². The second kappa shape index (κ2) is 7.11. The van der Waals surface area contributed by atoms with Gasteiger partial charge in [0, 0.05) is 42.0 Å². The Balaban J connectivity index is 1.73. The Hall–Kier alpha value is -1.24. The van der Waals surface area contributed by atoms with Crippen LogP contribution in [0.1, 0.15) is 17.3 Å². The van der Waals surface area contributed by atoms with Crippen molar-refractivity contribution in [3.8, 4) is 0 Å². The minimum Gasteiger partial charge on any atom is -0.338 e. The number of amides is 2. The van der Waals surface area contributed by atoms with Gasteiger partial charge in [0.1, 0.15) is 6.04 Å². The molecule has 2 fully saturated rings. The molecule has 2 unspecified atom stereocenters. The molecule has 0 saturated carbocycles. The molecule has 2 aliphatic heterocycles.